The van der Waals surface area contributed by atoms with E-state index in [9.17, 15) is 14.4 Å². The van der Waals surface area contributed by atoms with Crippen LogP contribution in [0.4, 0.5) is 0 Å². The molecule has 128 valence electrons. The molecule has 0 unspecified atom stereocenters. The van der Waals surface area contributed by atoms with Gasteiger partial charge < -0.3 is 0 Å². The molecule has 0 saturated heterocycles. The van der Waals surface area contributed by atoms with E-state index in [1.54, 1.807) is 27.6 Å². The number of carbonyl (C=O) groups is 1. The molecule has 2 spiro atoms. The summed E-state index contributed by atoms with van der Waals surface area (Å²) in [6.45, 7) is 0. The van der Waals surface area contributed by atoms with Gasteiger partial charge in [-0.2, -0.15) is 0 Å². The number of aromatic nitrogens is 3. The van der Waals surface area contributed by atoms with E-state index in [0.717, 1.165) is 0 Å². The number of hydrogen-bond donors (Lipinski definition) is 0. The van der Waals surface area contributed by atoms with Gasteiger partial charge in [0.1, 0.15) is 0 Å². The van der Waals surface area contributed by atoms with Crippen LogP contribution in [0.1, 0.15) is 18.5 Å². The predicted molar refractivity (Wildman–Crippen MR) is 90.0 cm³/mol. The molecule has 2 aromatic rings. The van der Waals surface area contributed by atoms with Crippen LogP contribution in [0.3, 0.4) is 0 Å². The van der Waals surface area contributed by atoms with Crippen LogP contribution in [0.5, 0.6) is 0 Å². The lowest BCUT2D eigenvalue weighted by Crippen LogP contribution is -2.53. The van der Waals surface area contributed by atoms with Gasteiger partial charge in [-0.3, -0.25) is 4.79 Å². The molecule has 0 radical (unpaired) electrons. The van der Waals surface area contributed by atoms with E-state index in [4.69, 9.17) is 0 Å². The summed E-state index contributed by atoms with van der Waals surface area (Å²) >= 11 is 0. The van der Waals surface area contributed by atoms with Crippen molar-refractivity contribution in [2.75, 3.05) is 0 Å². The van der Waals surface area contributed by atoms with E-state index >= 15 is 0 Å². The van der Waals surface area contributed by atoms with Crippen molar-refractivity contribution in [3.8, 4) is 5.69 Å². The fourth-order valence-electron chi connectivity index (χ4n) is 8.36. The highest BCUT2D eigenvalue weighted by Crippen LogP contribution is 3.03. The van der Waals surface area contributed by atoms with Crippen LogP contribution >= 0.6 is 0 Å². The maximum atomic E-state index is 13.3. The smallest absolute Gasteiger partial charge is 0.295 e. The molecule has 4 fully saturated rings. The van der Waals surface area contributed by atoms with Gasteiger partial charge in [0.15, 0.2) is 5.78 Å². The zero-order valence-electron chi connectivity index (χ0n) is 13.8. The Morgan fingerprint density at radius 3 is 2.35 bits per heavy atom. The third kappa shape index (κ3) is 0.863. The number of para-hydroxylation sites is 1. The van der Waals surface area contributed by atoms with E-state index in [0.29, 0.717) is 35.8 Å². The Hall–Kier alpha value is -2.63. The standard InChI is InChI=1S/C20H15N3O3/c24-10-6-7-19-14-11-12-13(11)16(20(14,19)8-10)23-18(26)21(9-4-2-1-3-5-9)17(25)22(23)15(12)19/h1-7,11-16H,8H2/t11-,12+,13+,14+,15+,16-,19+,20-/m1/s1. The van der Waals surface area contributed by atoms with Crippen molar-refractivity contribution in [1.29, 1.82) is 0 Å². The molecule has 26 heavy (non-hydrogen) atoms. The first-order valence-corrected chi connectivity index (χ1v) is 9.38. The van der Waals surface area contributed by atoms with Crippen LogP contribution in [-0.4, -0.2) is 19.7 Å². The predicted octanol–water partition coefficient (Wildman–Crippen LogP) is 0.917. The SMILES string of the molecule is O=C1C=C[C@@]23[C@@H]4[C@@H]5[C@@H]6[C@@H]5[C@@H]2[C@]3(C1)[C@@H]6n1c(=O)n(-c2ccccc2)c(=O)n14. The molecule has 7 aliphatic rings. The summed E-state index contributed by atoms with van der Waals surface area (Å²) in [4.78, 5) is 38.9. The Morgan fingerprint density at radius 1 is 0.885 bits per heavy atom. The maximum absolute atomic E-state index is 13.3. The summed E-state index contributed by atoms with van der Waals surface area (Å²) in [7, 11) is 0. The highest BCUT2D eigenvalue weighted by molar-refractivity contribution is 5.93. The molecule has 8 atom stereocenters. The second-order valence-corrected chi connectivity index (χ2v) is 8.97. The summed E-state index contributed by atoms with van der Waals surface area (Å²) in [5.74, 6) is 2.30. The minimum absolute atomic E-state index is 0.0200. The van der Waals surface area contributed by atoms with E-state index in [-0.39, 0.29) is 40.1 Å². The second kappa shape index (κ2) is 3.21. The van der Waals surface area contributed by atoms with Crippen LogP contribution in [0.25, 0.3) is 5.69 Å². The minimum atomic E-state index is -0.238. The zero-order valence-corrected chi connectivity index (χ0v) is 13.8. The fraction of sp³-hybridized carbons (Fsp3) is 0.450. The highest BCUT2D eigenvalue weighted by atomic mass is 16.2. The Kier molecular flexibility index (Phi) is 1.57. The van der Waals surface area contributed by atoms with E-state index in [1.807, 2.05) is 18.2 Å². The summed E-state index contributed by atoms with van der Waals surface area (Å²) in [6, 6.07) is 9.24. The first-order chi connectivity index (χ1) is 12.6. The molecule has 3 heterocycles. The number of benzene rings is 1. The van der Waals surface area contributed by atoms with Gasteiger partial charge in [-0.15, -0.1) is 0 Å². The molecule has 0 amide bonds. The third-order valence-electron chi connectivity index (χ3n) is 8.68. The quantitative estimate of drug-likeness (QED) is 0.772. The normalized spacial score (nSPS) is 49.2. The molecule has 6 nitrogen and oxygen atoms in total. The summed E-state index contributed by atoms with van der Waals surface area (Å²) in [5, 5.41) is 0. The van der Waals surface area contributed by atoms with E-state index in [2.05, 4.69) is 6.08 Å². The Morgan fingerprint density at radius 2 is 1.58 bits per heavy atom. The van der Waals surface area contributed by atoms with Crippen molar-refractivity contribution >= 4 is 5.78 Å². The van der Waals surface area contributed by atoms with E-state index in [1.165, 1.54) is 4.57 Å². The fourth-order valence-corrected chi connectivity index (χ4v) is 8.36. The van der Waals surface area contributed by atoms with Gasteiger partial charge in [-0.05, 0) is 41.9 Å². The van der Waals surface area contributed by atoms with Gasteiger partial charge in [-0.25, -0.2) is 23.5 Å². The maximum Gasteiger partial charge on any atom is 0.352 e. The van der Waals surface area contributed by atoms with Crippen LogP contribution in [0, 0.1) is 34.5 Å². The zero-order chi connectivity index (χ0) is 17.2. The lowest BCUT2D eigenvalue weighted by molar-refractivity contribution is -0.119. The number of carbonyl (C=O) groups excluding carboxylic acids is 1. The van der Waals surface area contributed by atoms with Crippen molar-refractivity contribution in [2.24, 2.45) is 34.5 Å². The Bertz CT molecular complexity index is 1230. The first kappa shape index (κ1) is 12.7. The average Bonchev–Trinajstić information content (AvgIpc) is 3.40. The number of rotatable bonds is 1. The number of hydrogen-bond acceptors (Lipinski definition) is 3. The molecule has 1 aromatic carbocycles. The molecule has 1 aromatic heterocycles. The molecular weight excluding hydrogens is 330 g/mol. The Balaban J connectivity index is 1.48. The summed E-state index contributed by atoms with van der Waals surface area (Å²) in [5.41, 5.74) is 0.0242. The van der Waals surface area contributed by atoms with Gasteiger partial charge in [0.2, 0.25) is 0 Å². The largest absolute Gasteiger partial charge is 0.352 e. The van der Waals surface area contributed by atoms with Crippen LogP contribution < -0.4 is 11.4 Å². The molecule has 6 heteroatoms. The lowest BCUT2D eigenvalue weighted by atomic mass is 9.67. The van der Waals surface area contributed by atoms with Gasteiger partial charge in [0, 0.05) is 17.3 Å². The van der Waals surface area contributed by atoms with Crippen LogP contribution in [0.15, 0.2) is 52.1 Å². The molecule has 2 bridgehead atoms. The Labute approximate surface area is 147 Å². The van der Waals surface area contributed by atoms with Crippen LogP contribution in [-0.2, 0) is 4.79 Å². The number of ketones is 1. The van der Waals surface area contributed by atoms with Crippen molar-refractivity contribution in [2.45, 2.75) is 18.5 Å². The molecule has 9 rings (SSSR count). The molecule has 0 N–H and O–H groups in total. The summed E-state index contributed by atoms with van der Waals surface area (Å²) in [6.07, 6.45) is 4.40. The van der Waals surface area contributed by atoms with Crippen molar-refractivity contribution in [3.63, 3.8) is 0 Å². The van der Waals surface area contributed by atoms with Crippen LogP contribution in [0.2, 0.25) is 0 Å². The summed E-state index contributed by atoms with van der Waals surface area (Å²) < 4.78 is 4.83. The minimum Gasteiger partial charge on any atom is -0.295 e. The average molecular weight is 345 g/mol. The van der Waals surface area contributed by atoms with Crippen molar-refractivity contribution in [1.82, 2.24) is 13.9 Å². The number of nitrogens with zero attached hydrogens (tertiary/aromatic N) is 3. The van der Waals surface area contributed by atoms with E-state index < -0.39 is 0 Å². The monoisotopic (exact) mass is 345 g/mol. The molecule has 4 saturated carbocycles. The molecular formula is C20H15N3O3. The highest BCUT2D eigenvalue weighted by Gasteiger charge is 3.03. The third-order valence-corrected chi connectivity index (χ3v) is 8.68. The first-order valence-electron chi connectivity index (χ1n) is 9.38. The van der Waals surface area contributed by atoms with Gasteiger partial charge in [0.25, 0.3) is 0 Å². The topological polar surface area (TPSA) is 66.0 Å². The van der Waals surface area contributed by atoms with Crippen molar-refractivity contribution in [3.05, 3.63) is 63.5 Å². The van der Waals surface area contributed by atoms with Gasteiger partial charge in [-0.1, -0.05) is 24.3 Å². The lowest BCUT2D eigenvalue weighted by Gasteiger charge is -2.48. The molecule has 2 aliphatic heterocycles. The van der Waals surface area contributed by atoms with Gasteiger partial charge in [0.05, 0.1) is 17.8 Å². The van der Waals surface area contributed by atoms with Crippen molar-refractivity contribution < 1.29 is 4.79 Å². The molecule has 5 aliphatic carbocycles. The van der Waals surface area contributed by atoms with Gasteiger partial charge >= 0.3 is 11.4 Å². The number of allylic oxidation sites excluding steroid dienone is 2. The second-order valence-electron chi connectivity index (χ2n) is 8.97.